The molecular formula is C35H47N3O9. The third kappa shape index (κ3) is 13.8. The van der Waals surface area contributed by atoms with Crippen LogP contribution in [0.5, 0.6) is 0 Å². The number of carbonyl (C=O) groups excluding carboxylic acids is 2. The summed E-state index contributed by atoms with van der Waals surface area (Å²) in [5.74, 6) is -7.71. The minimum Gasteiger partial charge on any atom is -0.481 e. The molecule has 1 amide bonds. The Labute approximate surface area is 275 Å². The Kier molecular flexibility index (Phi) is 17.0. The molecule has 256 valence electrons. The highest BCUT2D eigenvalue weighted by atomic mass is 16.4. The fourth-order valence-electron chi connectivity index (χ4n) is 5.20. The number of hydrogen-bond acceptors (Lipinski definition) is 8. The molecule has 47 heavy (non-hydrogen) atoms. The van der Waals surface area contributed by atoms with Gasteiger partial charge in [0.25, 0.3) is 0 Å². The summed E-state index contributed by atoms with van der Waals surface area (Å²) >= 11 is 0. The number of Topliss-reactive ketones (excluding diaryl/α,β-unsaturated/α-hetero) is 1. The van der Waals surface area contributed by atoms with E-state index >= 15 is 0 Å². The second-order valence-electron chi connectivity index (χ2n) is 11.8. The van der Waals surface area contributed by atoms with Gasteiger partial charge in [0.2, 0.25) is 5.91 Å². The number of aliphatic carboxylic acids is 3. The average molecular weight is 654 g/mol. The monoisotopic (exact) mass is 653 g/mol. The molecule has 0 aliphatic heterocycles. The predicted octanol–water partition coefficient (Wildman–Crippen LogP) is 4.99. The van der Waals surface area contributed by atoms with Gasteiger partial charge in [0, 0.05) is 31.0 Å². The van der Waals surface area contributed by atoms with E-state index in [4.69, 9.17) is 0 Å². The summed E-state index contributed by atoms with van der Waals surface area (Å²) in [6.45, 7) is 2.15. The molecule has 0 spiro atoms. The quantitative estimate of drug-likeness (QED) is 0.0754. The standard InChI is InChI=1S/C35H47N3O9/c1-2-3-4-7-10-13-27(39)14-11-8-5-6-9-12-15-28(35(47,34(45)46)23-31(40)41)32(42)38-30(33(43)44)22-25-16-18-26(19-17-25)29-20-21-36-24-37-29/h12,15-21,24,28,30,47H,2-11,13-14,22-23H2,1H3,(H,38,42)(H,40,41)(H,43,44)(H,45,46)/b15-12+/t28-,30+,35+/m1/s1. The van der Waals surface area contributed by atoms with Crippen molar-refractivity contribution in [3.8, 4) is 11.3 Å². The maximum Gasteiger partial charge on any atom is 0.337 e. The molecule has 3 atom stereocenters. The van der Waals surface area contributed by atoms with Gasteiger partial charge in [0.15, 0.2) is 5.60 Å². The summed E-state index contributed by atoms with van der Waals surface area (Å²) in [6, 6.07) is 7.01. The third-order valence-electron chi connectivity index (χ3n) is 7.94. The molecule has 2 aromatic rings. The van der Waals surface area contributed by atoms with E-state index in [0.717, 1.165) is 56.6 Å². The number of unbranched alkanes of at least 4 members (excludes halogenated alkanes) is 8. The van der Waals surface area contributed by atoms with Gasteiger partial charge < -0.3 is 25.7 Å². The van der Waals surface area contributed by atoms with Gasteiger partial charge in [0.05, 0.1) is 18.0 Å². The van der Waals surface area contributed by atoms with Crippen molar-refractivity contribution < 1.29 is 44.4 Å². The van der Waals surface area contributed by atoms with Crippen LogP contribution in [0, 0.1) is 5.92 Å². The Balaban J connectivity index is 2.01. The number of amides is 1. The molecule has 1 aromatic carbocycles. The lowest BCUT2D eigenvalue weighted by atomic mass is 9.82. The van der Waals surface area contributed by atoms with E-state index < -0.39 is 47.8 Å². The highest BCUT2D eigenvalue weighted by Crippen LogP contribution is 2.26. The number of carboxylic acid groups (broad SMARTS) is 3. The average Bonchev–Trinajstić information content (AvgIpc) is 3.03. The molecule has 0 aliphatic carbocycles. The Hall–Kier alpha value is -4.45. The van der Waals surface area contributed by atoms with Gasteiger partial charge in [-0.3, -0.25) is 14.4 Å². The van der Waals surface area contributed by atoms with E-state index in [1.54, 1.807) is 36.5 Å². The summed E-state index contributed by atoms with van der Waals surface area (Å²) in [5, 5.41) is 42.1. The fourth-order valence-corrected chi connectivity index (χ4v) is 5.20. The van der Waals surface area contributed by atoms with Crippen LogP contribution < -0.4 is 5.32 Å². The van der Waals surface area contributed by atoms with Gasteiger partial charge in [-0.2, -0.15) is 0 Å². The molecule has 0 unspecified atom stereocenters. The molecule has 0 radical (unpaired) electrons. The molecule has 1 heterocycles. The SMILES string of the molecule is CCCCCCCC(=O)CCCCCC/C=C/[C@H](C(=O)N[C@@H](Cc1ccc(-c2ccncn2)cc1)C(=O)O)[C@@](O)(CC(=O)O)C(=O)O. The first-order chi connectivity index (χ1) is 22.5. The molecule has 1 aromatic heterocycles. The Bertz CT molecular complexity index is 1330. The number of nitrogens with zero attached hydrogens (tertiary/aromatic N) is 2. The molecule has 0 aliphatic rings. The largest absolute Gasteiger partial charge is 0.481 e. The van der Waals surface area contributed by atoms with Crippen molar-refractivity contribution in [1.29, 1.82) is 0 Å². The minimum absolute atomic E-state index is 0.159. The number of aliphatic hydroxyl groups is 1. The zero-order valence-corrected chi connectivity index (χ0v) is 27.0. The molecule has 0 saturated carbocycles. The van der Waals surface area contributed by atoms with Crippen LogP contribution >= 0.6 is 0 Å². The van der Waals surface area contributed by atoms with Crippen LogP contribution in [0.1, 0.15) is 96.0 Å². The zero-order valence-electron chi connectivity index (χ0n) is 27.0. The number of ketones is 1. The number of rotatable bonds is 24. The zero-order chi connectivity index (χ0) is 34.7. The van der Waals surface area contributed by atoms with Crippen molar-refractivity contribution in [3.63, 3.8) is 0 Å². The molecule has 12 heteroatoms. The van der Waals surface area contributed by atoms with Gasteiger partial charge in [-0.15, -0.1) is 0 Å². The molecule has 12 nitrogen and oxygen atoms in total. The highest BCUT2D eigenvalue weighted by Gasteiger charge is 2.49. The van der Waals surface area contributed by atoms with Gasteiger partial charge >= 0.3 is 17.9 Å². The predicted molar refractivity (Wildman–Crippen MR) is 174 cm³/mol. The van der Waals surface area contributed by atoms with Crippen molar-refractivity contribution in [2.75, 3.05) is 0 Å². The molecule has 0 fully saturated rings. The van der Waals surface area contributed by atoms with Gasteiger partial charge in [0.1, 0.15) is 18.2 Å². The third-order valence-corrected chi connectivity index (χ3v) is 7.94. The number of allylic oxidation sites excluding steroid dienone is 1. The van der Waals surface area contributed by atoms with Crippen LogP contribution in [0.3, 0.4) is 0 Å². The molecule has 0 bridgehead atoms. The van der Waals surface area contributed by atoms with Crippen molar-refractivity contribution in [3.05, 3.63) is 60.6 Å². The number of nitrogens with one attached hydrogen (secondary N) is 1. The van der Waals surface area contributed by atoms with E-state index in [1.165, 1.54) is 18.8 Å². The highest BCUT2D eigenvalue weighted by molar-refractivity contribution is 5.94. The number of benzene rings is 1. The Morgan fingerprint density at radius 2 is 1.51 bits per heavy atom. The lowest BCUT2D eigenvalue weighted by Gasteiger charge is -2.29. The topological polar surface area (TPSA) is 204 Å². The number of hydrogen-bond donors (Lipinski definition) is 5. The van der Waals surface area contributed by atoms with Crippen LogP contribution in [0.4, 0.5) is 0 Å². The molecule has 5 N–H and O–H groups in total. The number of carbonyl (C=O) groups is 5. The van der Waals surface area contributed by atoms with E-state index in [1.807, 2.05) is 0 Å². The lowest BCUT2D eigenvalue weighted by Crippen LogP contribution is -2.55. The maximum atomic E-state index is 13.3. The van der Waals surface area contributed by atoms with Crippen LogP contribution in [-0.2, 0) is 30.4 Å². The normalized spacial score (nSPS) is 13.8. The van der Waals surface area contributed by atoms with Gasteiger partial charge in [-0.1, -0.05) is 81.9 Å². The molecule has 2 rings (SSSR count). The summed E-state index contributed by atoms with van der Waals surface area (Å²) in [4.78, 5) is 69.0. The second-order valence-corrected chi connectivity index (χ2v) is 11.8. The summed E-state index contributed by atoms with van der Waals surface area (Å²) in [5.41, 5.74) is -1.05. The molecular weight excluding hydrogens is 606 g/mol. The number of aromatic nitrogens is 2. The first-order valence-corrected chi connectivity index (χ1v) is 16.2. The first kappa shape index (κ1) is 38.7. The van der Waals surface area contributed by atoms with Gasteiger partial charge in [-0.05, 0) is 37.3 Å². The van der Waals surface area contributed by atoms with E-state index in [9.17, 15) is 44.4 Å². The van der Waals surface area contributed by atoms with Crippen molar-refractivity contribution in [1.82, 2.24) is 15.3 Å². The lowest BCUT2D eigenvalue weighted by molar-refractivity contribution is -0.172. The number of carboxylic acids is 3. The van der Waals surface area contributed by atoms with Gasteiger partial charge in [-0.25, -0.2) is 19.6 Å². The minimum atomic E-state index is -3.02. The molecule has 0 saturated heterocycles. The van der Waals surface area contributed by atoms with Crippen molar-refractivity contribution in [2.24, 2.45) is 5.92 Å². The van der Waals surface area contributed by atoms with E-state index in [0.29, 0.717) is 36.9 Å². The fraction of sp³-hybridized carbons (Fsp3) is 0.514. The maximum absolute atomic E-state index is 13.3. The second kappa shape index (κ2) is 20.6. The van der Waals surface area contributed by atoms with E-state index in [2.05, 4.69) is 22.2 Å². The van der Waals surface area contributed by atoms with Crippen LogP contribution in [-0.4, -0.2) is 71.6 Å². The summed E-state index contributed by atoms with van der Waals surface area (Å²) in [7, 11) is 0. The summed E-state index contributed by atoms with van der Waals surface area (Å²) < 4.78 is 0. The first-order valence-electron chi connectivity index (χ1n) is 16.2. The van der Waals surface area contributed by atoms with Crippen LogP contribution in [0.2, 0.25) is 0 Å². The Morgan fingerprint density at radius 3 is 2.06 bits per heavy atom. The van der Waals surface area contributed by atoms with E-state index in [-0.39, 0.29) is 12.2 Å². The van der Waals surface area contributed by atoms with Crippen LogP contribution in [0.15, 0.2) is 55.0 Å². The van der Waals surface area contributed by atoms with Crippen molar-refractivity contribution in [2.45, 2.75) is 108 Å². The van der Waals surface area contributed by atoms with Crippen molar-refractivity contribution >= 4 is 29.6 Å². The smallest absolute Gasteiger partial charge is 0.337 e. The van der Waals surface area contributed by atoms with Crippen LogP contribution in [0.25, 0.3) is 11.3 Å². The summed E-state index contributed by atoms with van der Waals surface area (Å²) in [6.07, 6.45) is 14.2. The Morgan fingerprint density at radius 1 is 0.872 bits per heavy atom.